The molecule has 0 fully saturated rings. The highest BCUT2D eigenvalue weighted by atomic mass is 16.5. The van der Waals surface area contributed by atoms with Crippen molar-refractivity contribution in [3.05, 3.63) is 66.5 Å². The van der Waals surface area contributed by atoms with Gasteiger partial charge in [-0.3, -0.25) is 5.43 Å². The lowest BCUT2D eigenvalue weighted by molar-refractivity contribution is 0.415. The van der Waals surface area contributed by atoms with Crippen LogP contribution in [0.4, 0.5) is 5.82 Å². The van der Waals surface area contributed by atoms with Crippen LogP contribution in [0.3, 0.4) is 0 Å². The van der Waals surface area contributed by atoms with E-state index in [1.807, 2.05) is 48.5 Å². The number of ether oxygens (including phenoxy) is 1. The van der Waals surface area contributed by atoms with Gasteiger partial charge in [-0.2, -0.15) is 5.10 Å². The highest BCUT2D eigenvalue weighted by Gasteiger charge is 2.11. The fourth-order valence-corrected chi connectivity index (χ4v) is 2.61. The number of aromatic nitrogens is 4. The van der Waals surface area contributed by atoms with Crippen LogP contribution in [0.25, 0.3) is 22.3 Å². The number of benzene rings is 2. The average Bonchev–Trinajstić information content (AvgIpc) is 3.23. The smallest absolute Gasteiger partial charge is 0.176 e. The summed E-state index contributed by atoms with van der Waals surface area (Å²) < 4.78 is 5.15. The van der Waals surface area contributed by atoms with E-state index >= 15 is 0 Å². The Morgan fingerprint density at radius 2 is 1.85 bits per heavy atom. The number of hydrazone groups is 1. The van der Waals surface area contributed by atoms with Gasteiger partial charge in [0, 0.05) is 23.2 Å². The van der Waals surface area contributed by atoms with Crippen molar-refractivity contribution >= 4 is 22.8 Å². The molecule has 0 saturated carbocycles. The average molecular weight is 344 g/mol. The molecule has 0 atom stereocenters. The summed E-state index contributed by atoms with van der Waals surface area (Å²) in [6.07, 6.45) is 5.17. The Morgan fingerprint density at radius 3 is 2.58 bits per heavy atom. The first-order valence-corrected chi connectivity index (χ1v) is 8.03. The third kappa shape index (κ3) is 3.10. The maximum Gasteiger partial charge on any atom is 0.176 e. The molecule has 0 amide bonds. The topological polar surface area (TPSA) is 88.1 Å². The molecule has 7 nitrogen and oxygen atoms in total. The number of rotatable bonds is 5. The molecule has 0 radical (unpaired) electrons. The molecule has 26 heavy (non-hydrogen) atoms. The fraction of sp³-hybridized carbons (Fsp3) is 0.0526. The molecule has 4 aromatic rings. The van der Waals surface area contributed by atoms with Crippen molar-refractivity contribution in [3.8, 4) is 17.3 Å². The molecule has 0 spiro atoms. The molecule has 2 aromatic carbocycles. The second-order valence-corrected chi connectivity index (χ2v) is 5.52. The lowest BCUT2D eigenvalue weighted by Gasteiger charge is -2.07. The second-order valence-electron chi connectivity index (χ2n) is 5.52. The highest BCUT2D eigenvalue weighted by molar-refractivity contribution is 5.99. The highest BCUT2D eigenvalue weighted by Crippen LogP contribution is 2.27. The van der Waals surface area contributed by atoms with Crippen LogP contribution in [-0.2, 0) is 0 Å². The lowest BCUT2D eigenvalue weighted by atomic mass is 10.1. The van der Waals surface area contributed by atoms with Crippen LogP contribution in [0.2, 0.25) is 0 Å². The predicted octanol–water partition coefficient (Wildman–Crippen LogP) is 3.47. The van der Waals surface area contributed by atoms with Crippen LogP contribution in [0.15, 0.2) is 66.0 Å². The van der Waals surface area contributed by atoms with Crippen molar-refractivity contribution in [2.75, 3.05) is 12.5 Å². The summed E-state index contributed by atoms with van der Waals surface area (Å²) in [5.74, 6) is 2.07. The number of hydrogen-bond acceptors (Lipinski definition) is 6. The van der Waals surface area contributed by atoms with E-state index in [-0.39, 0.29) is 0 Å². The van der Waals surface area contributed by atoms with Crippen LogP contribution in [0.5, 0.6) is 5.75 Å². The van der Waals surface area contributed by atoms with Gasteiger partial charge in [0.15, 0.2) is 11.6 Å². The minimum absolute atomic E-state index is 0.584. The summed E-state index contributed by atoms with van der Waals surface area (Å²) >= 11 is 0. The molecule has 0 saturated heterocycles. The van der Waals surface area contributed by atoms with Crippen LogP contribution in [0.1, 0.15) is 5.56 Å². The molecular formula is C19H16N6O. The number of aromatic amines is 1. The summed E-state index contributed by atoms with van der Waals surface area (Å²) in [6.45, 7) is 0. The molecule has 0 aliphatic heterocycles. The van der Waals surface area contributed by atoms with Crippen LogP contribution in [-0.4, -0.2) is 33.5 Å². The third-order valence-electron chi connectivity index (χ3n) is 3.91. The Bertz CT molecular complexity index is 1040. The number of nitrogens with zero attached hydrogens (tertiary/aromatic N) is 4. The molecule has 2 heterocycles. The maximum absolute atomic E-state index is 5.15. The maximum atomic E-state index is 5.15. The van der Waals surface area contributed by atoms with Crippen molar-refractivity contribution in [1.29, 1.82) is 0 Å². The minimum atomic E-state index is 0.584. The summed E-state index contributed by atoms with van der Waals surface area (Å²) in [5, 5.41) is 14.7. The molecule has 4 rings (SSSR count). The molecule has 0 aliphatic rings. The SMILES string of the molecule is COc1ccc(C=NNc2nnc(-c3ncc[nH]3)c3ccccc23)cc1. The summed E-state index contributed by atoms with van der Waals surface area (Å²) in [6, 6.07) is 15.5. The van der Waals surface area contributed by atoms with Gasteiger partial charge in [0.05, 0.1) is 13.3 Å². The van der Waals surface area contributed by atoms with E-state index in [1.165, 1.54) is 0 Å². The number of methoxy groups -OCH3 is 1. The number of nitrogens with one attached hydrogen (secondary N) is 2. The van der Waals surface area contributed by atoms with Gasteiger partial charge < -0.3 is 9.72 Å². The van der Waals surface area contributed by atoms with Crippen molar-refractivity contribution in [1.82, 2.24) is 20.2 Å². The Labute approximate surface area is 149 Å². The van der Waals surface area contributed by atoms with Gasteiger partial charge in [0.2, 0.25) is 0 Å². The van der Waals surface area contributed by atoms with E-state index < -0.39 is 0 Å². The van der Waals surface area contributed by atoms with E-state index in [1.54, 1.807) is 25.7 Å². The Kier molecular flexibility index (Phi) is 4.26. The van der Waals surface area contributed by atoms with E-state index in [4.69, 9.17) is 4.74 Å². The predicted molar refractivity (Wildman–Crippen MR) is 101 cm³/mol. The molecule has 0 bridgehead atoms. The number of imidazole rings is 1. The number of H-pyrrole nitrogens is 1. The second kappa shape index (κ2) is 7.02. The van der Waals surface area contributed by atoms with Crippen molar-refractivity contribution < 1.29 is 4.74 Å². The third-order valence-corrected chi connectivity index (χ3v) is 3.91. The zero-order valence-electron chi connectivity index (χ0n) is 14.0. The number of fused-ring (bicyclic) bond motifs is 1. The monoisotopic (exact) mass is 344 g/mol. The van der Waals surface area contributed by atoms with Crippen molar-refractivity contribution in [2.24, 2.45) is 5.10 Å². The Hall–Kier alpha value is -3.74. The minimum Gasteiger partial charge on any atom is -0.497 e. The first-order chi connectivity index (χ1) is 12.8. The molecule has 7 heteroatoms. The number of hydrogen-bond donors (Lipinski definition) is 2. The van der Waals surface area contributed by atoms with Crippen LogP contribution < -0.4 is 10.2 Å². The van der Waals surface area contributed by atoms with Gasteiger partial charge in [-0.25, -0.2) is 4.98 Å². The first kappa shape index (κ1) is 15.8. The van der Waals surface area contributed by atoms with Crippen LogP contribution >= 0.6 is 0 Å². The molecule has 2 N–H and O–H groups in total. The van der Waals surface area contributed by atoms with Gasteiger partial charge in [-0.05, 0) is 29.8 Å². The van der Waals surface area contributed by atoms with E-state index in [0.29, 0.717) is 17.3 Å². The Balaban J connectivity index is 1.62. The fourth-order valence-electron chi connectivity index (χ4n) is 2.61. The summed E-state index contributed by atoms with van der Waals surface area (Å²) in [5.41, 5.74) is 4.62. The number of anilines is 1. The van der Waals surface area contributed by atoms with Crippen molar-refractivity contribution in [3.63, 3.8) is 0 Å². The molecule has 128 valence electrons. The Morgan fingerprint density at radius 1 is 1.04 bits per heavy atom. The molecular weight excluding hydrogens is 328 g/mol. The first-order valence-electron chi connectivity index (χ1n) is 8.03. The zero-order valence-corrected chi connectivity index (χ0v) is 14.0. The summed E-state index contributed by atoms with van der Waals surface area (Å²) in [4.78, 5) is 7.33. The van der Waals surface area contributed by atoms with Gasteiger partial charge in [-0.1, -0.05) is 24.3 Å². The van der Waals surface area contributed by atoms with Gasteiger partial charge in [0.25, 0.3) is 0 Å². The van der Waals surface area contributed by atoms with Crippen molar-refractivity contribution in [2.45, 2.75) is 0 Å². The molecule has 0 unspecified atom stereocenters. The quantitative estimate of drug-likeness (QED) is 0.427. The largest absolute Gasteiger partial charge is 0.497 e. The van der Waals surface area contributed by atoms with E-state index in [0.717, 1.165) is 22.1 Å². The zero-order chi connectivity index (χ0) is 17.8. The lowest BCUT2D eigenvalue weighted by Crippen LogP contribution is -1.99. The van der Waals surface area contributed by atoms with Gasteiger partial charge in [0.1, 0.15) is 11.4 Å². The standard InChI is InChI=1S/C19H16N6O/c1-26-14-8-6-13(7-9-14)12-22-24-18-16-5-3-2-4-15(16)17(23-25-18)19-20-10-11-21-19/h2-12H,1H3,(H,20,21)(H,24,25). The molecule has 0 aliphatic carbocycles. The van der Waals surface area contributed by atoms with Gasteiger partial charge in [-0.15, -0.1) is 10.2 Å². The molecule has 2 aromatic heterocycles. The van der Waals surface area contributed by atoms with Gasteiger partial charge >= 0.3 is 0 Å². The summed E-state index contributed by atoms with van der Waals surface area (Å²) in [7, 11) is 1.64. The normalized spacial score (nSPS) is 11.1. The van der Waals surface area contributed by atoms with E-state index in [9.17, 15) is 0 Å². The van der Waals surface area contributed by atoms with Crippen LogP contribution in [0, 0.1) is 0 Å². The van der Waals surface area contributed by atoms with E-state index in [2.05, 4.69) is 30.7 Å².